The lowest BCUT2D eigenvalue weighted by Crippen LogP contribution is -2.94. The van der Waals surface area contributed by atoms with Gasteiger partial charge in [0.1, 0.15) is 0 Å². The summed E-state index contributed by atoms with van der Waals surface area (Å²) < 4.78 is 203. The molecule has 7 fully saturated rings. The molecule has 3 spiro atoms. The van der Waals surface area contributed by atoms with Gasteiger partial charge in [0.05, 0.1) is 0 Å². The number of hydrogen-bond acceptors (Lipinski definition) is 30. The third-order valence-corrected chi connectivity index (χ3v) is 9.60. The van der Waals surface area contributed by atoms with Crippen LogP contribution < -0.4 is 0 Å². The van der Waals surface area contributed by atoms with E-state index < -0.39 is 103 Å². The summed E-state index contributed by atoms with van der Waals surface area (Å²) >= 11 is 0. The van der Waals surface area contributed by atoms with Crippen LogP contribution in [0.3, 0.4) is 0 Å². The zero-order chi connectivity index (χ0) is 30.9. The van der Waals surface area contributed by atoms with Gasteiger partial charge in [0.25, 0.3) is 0 Å². The molecule has 30 nitrogen and oxygen atoms in total. The van der Waals surface area contributed by atoms with Crippen LogP contribution in [-0.2, 0) is 133 Å². The summed E-state index contributed by atoms with van der Waals surface area (Å²) in [7, 11) is -36.0. The predicted molar refractivity (Wildman–Crippen MR) is 91.3 cm³/mol. The van der Waals surface area contributed by atoms with Gasteiger partial charge in [-0.15, -0.1) is 18.3 Å². The van der Waals surface area contributed by atoms with Gasteiger partial charge in [0.15, 0.2) is 0 Å². The van der Waals surface area contributed by atoms with Gasteiger partial charge >= 0.3 is 97.4 Å². The van der Waals surface area contributed by atoms with Crippen molar-refractivity contribution < 1.29 is 126 Å². The summed E-state index contributed by atoms with van der Waals surface area (Å²) in [6.45, 7) is 0. The Morgan fingerprint density at radius 1 is 0.452 bits per heavy atom. The highest BCUT2D eigenvalue weighted by Gasteiger charge is 3.07. The van der Waals surface area contributed by atoms with Crippen molar-refractivity contribution in [2.75, 3.05) is 0 Å². The van der Waals surface area contributed by atoms with Gasteiger partial charge < -0.3 is 5.11 Å². The lowest BCUT2D eigenvalue weighted by atomic mass is 9.81. The fourth-order valence-electron chi connectivity index (χ4n) is 4.06. The molecule has 0 aliphatic carbocycles. The van der Waals surface area contributed by atoms with Gasteiger partial charge in [0.2, 0.25) is 0 Å². The summed E-state index contributed by atoms with van der Waals surface area (Å²) in [6.07, 6.45) is 0. The first-order valence-electron chi connectivity index (χ1n) is 9.01. The molecule has 240 valence electrons. The lowest BCUT2D eigenvalue weighted by Gasteiger charge is -2.59. The van der Waals surface area contributed by atoms with E-state index in [1.165, 1.54) is 0 Å². The summed E-state index contributed by atoms with van der Waals surface area (Å²) in [5, 5.41) is 10.8. The molecule has 7 heterocycles. The van der Waals surface area contributed by atoms with Crippen molar-refractivity contribution in [2.24, 2.45) is 0 Å². The molecule has 7 aliphatic heterocycles. The maximum absolute atomic E-state index is 12.6. The van der Waals surface area contributed by atoms with Gasteiger partial charge in [-0.05, 0) is 0 Å². The highest BCUT2D eigenvalue weighted by molar-refractivity contribution is 7.83. The molecule has 36 heteroatoms. The van der Waals surface area contributed by atoms with Crippen molar-refractivity contribution in [3.8, 4) is 0 Å². The Morgan fingerprint density at radius 3 is 1.48 bits per heavy atom. The van der Waals surface area contributed by atoms with Gasteiger partial charge in [-0.2, -0.15) is 76.3 Å². The molecular weight excluding hydrogens is 742 g/mol. The molecule has 0 amide bonds. The Balaban J connectivity index is 1.68. The normalized spacial score (nSPS) is 52.2. The molecule has 0 aromatic heterocycles. The van der Waals surface area contributed by atoms with E-state index in [1.54, 1.807) is 0 Å². The molecule has 0 saturated carbocycles. The number of hydroxylamine groups is 2. The van der Waals surface area contributed by atoms with Crippen LogP contribution in [0.4, 0.5) is 0 Å². The molecule has 0 radical (unpaired) electrons. The van der Waals surface area contributed by atoms with Crippen LogP contribution in [-0.4, -0.2) is 95.9 Å². The molecule has 42 heavy (non-hydrogen) atoms. The Bertz CT molecular complexity index is 1970. The molecule has 7 aliphatic rings. The molecule has 0 aromatic carbocycles. The van der Waals surface area contributed by atoms with Crippen LogP contribution >= 0.6 is 0 Å². The Labute approximate surface area is 228 Å². The van der Waals surface area contributed by atoms with E-state index in [1.807, 2.05) is 0 Å². The quantitative estimate of drug-likeness (QED) is 0.244. The third kappa shape index (κ3) is 3.38. The summed E-state index contributed by atoms with van der Waals surface area (Å²) in [5.74, 6) is -24.5. The van der Waals surface area contributed by atoms with Crippen molar-refractivity contribution in [3.05, 3.63) is 0 Å². The Hall–Kier alpha value is -1.02. The Kier molecular flexibility index (Phi) is 5.30. The van der Waals surface area contributed by atoms with Crippen molar-refractivity contribution in [3.63, 3.8) is 0 Å². The van der Waals surface area contributed by atoms with Crippen molar-refractivity contribution in [2.45, 2.75) is 35.0 Å². The minimum Gasteiger partial charge on any atom is -0.356 e. The number of aliphatic hydroxyl groups is 1. The standard InChI is InChI=1S/C6HNO29S6/c8-2-3(27-38(11,12)26-2)1(7-32-42(19,20)33-7)5(29-37(9,10)25-1)21-4(2,28-39(13,14)34-22-3)6(24-36-41(17,18)31-6)30-40(15,16)35-23-5/h8H/t1-,2+,3-,4-,5-,6?/m0/s1. The maximum Gasteiger partial charge on any atom is 0.436 e. The van der Waals surface area contributed by atoms with E-state index in [2.05, 4.69) is 65.5 Å². The molecule has 6 atom stereocenters. The zero-order valence-corrected chi connectivity index (χ0v) is 22.7. The number of ether oxygens (including phenoxy) is 1. The second-order valence-electron chi connectivity index (χ2n) is 7.63. The van der Waals surface area contributed by atoms with Crippen molar-refractivity contribution in [1.29, 1.82) is 0 Å². The minimum absolute atomic E-state index is 0.956. The van der Waals surface area contributed by atoms with Crippen LogP contribution in [0, 0.1) is 0 Å². The molecule has 7 saturated heterocycles. The maximum atomic E-state index is 12.6. The molecule has 0 aromatic rings. The second kappa shape index (κ2) is 7.50. The van der Waals surface area contributed by atoms with Crippen molar-refractivity contribution >= 4 is 62.4 Å². The van der Waals surface area contributed by atoms with E-state index in [-0.39, 0.29) is 0 Å². The minimum atomic E-state index is -6.31. The lowest BCUT2D eigenvalue weighted by molar-refractivity contribution is -0.686. The first kappa shape index (κ1) is 29.7. The number of rotatable bonds is 1. The summed E-state index contributed by atoms with van der Waals surface area (Å²) in [6, 6.07) is 0. The second-order valence-corrected chi connectivity index (χ2v) is 14.4. The topological polar surface area (TPSA) is 376 Å². The number of nitrogens with zero attached hydrogens (tertiary/aromatic N) is 1. The van der Waals surface area contributed by atoms with Gasteiger partial charge in [-0.1, -0.05) is 13.0 Å². The molecule has 1 unspecified atom stereocenters. The van der Waals surface area contributed by atoms with E-state index >= 15 is 0 Å². The highest BCUT2D eigenvalue weighted by atomic mass is 32.3. The van der Waals surface area contributed by atoms with Gasteiger partial charge in [0, 0.05) is 5.23 Å². The van der Waals surface area contributed by atoms with E-state index in [0.29, 0.717) is 0 Å². The van der Waals surface area contributed by atoms with E-state index in [4.69, 9.17) is 4.74 Å². The van der Waals surface area contributed by atoms with Crippen LogP contribution in [0.1, 0.15) is 0 Å². The number of hydrogen-bond donors (Lipinski definition) is 1. The first-order valence-corrected chi connectivity index (χ1v) is 17.0. The monoisotopic (exact) mass is 743 g/mol. The molecule has 7 rings (SSSR count). The predicted octanol–water partition coefficient (Wildman–Crippen LogP) is -7.22. The summed E-state index contributed by atoms with van der Waals surface area (Å²) in [5.41, 5.74) is -4.64. The zero-order valence-electron chi connectivity index (χ0n) is 17.8. The van der Waals surface area contributed by atoms with Gasteiger partial charge in [-0.3, -0.25) is 4.74 Å². The van der Waals surface area contributed by atoms with Crippen LogP contribution in [0.15, 0.2) is 0 Å². The smallest absolute Gasteiger partial charge is 0.356 e. The first-order chi connectivity index (χ1) is 18.8. The van der Waals surface area contributed by atoms with Gasteiger partial charge in [-0.25, -0.2) is 8.37 Å². The Morgan fingerprint density at radius 2 is 0.905 bits per heavy atom. The average molecular weight is 743 g/mol. The fourth-order valence-corrected chi connectivity index (χ4v) is 8.81. The molecule has 3 bridgehead atoms. The van der Waals surface area contributed by atoms with E-state index in [9.17, 15) is 55.6 Å². The highest BCUT2D eigenvalue weighted by Crippen LogP contribution is 2.72. The van der Waals surface area contributed by atoms with Crippen LogP contribution in [0.5, 0.6) is 0 Å². The fraction of sp³-hybridized carbons (Fsp3) is 1.00. The summed E-state index contributed by atoms with van der Waals surface area (Å²) in [4.78, 5) is 12.7. The SMILES string of the molecule is O=S1(=O)ON([C@@]23OS(=O)(=O)O[C@@]24OOS(=O)(=O)OC2(OOS(=O)(=O)O2)[C@@]2(O4)OS(=O)(=O)OO[C@]34OS(=O)(=O)O[C@@]24O)O1. The van der Waals surface area contributed by atoms with Crippen LogP contribution in [0.2, 0.25) is 0 Å². The van der Waals surface area contributed by atoms with E-state index in [0.717, 1.165) is 0 Å². The van der Waals surface area contributed by atoms with Crippen LogP contribution in [0.25, 0.3) is 0 Å². The molecule has 1 N–H and O–H groups in total. The average Bonchev–Trinajstić information content (AvgIpc) is 3.29. The molecular formula is C6HNO29S6. The van der Waals surface area contributed by atoms with Crippen molar-refractivity contribution in [1.82, 2.24) is 5.23 Å². The third-order valence-electron chi connectivity index (χ3n) is 5.22. The largest absolute Gasteiger partial charge is 0.436 e.